The van der Waals surface area contributed by atoms with Crippen molar-refractivity contribution in [2.75, 3.05) is 0 Å². The van der Waals surface area contributed by atoms with Crippen LogP contribution in [0.15, 0.2) is 99.8 Å². The fourth-order valence-corrected chi connectivity index (χ4v) is 6.77. The van der Waals surface area contributed by atoms with Gasteiger partial charge in [0.05, 0.1) is 27.6 Å². The highest BCUT2D eigenvalue weighted by atomic mass is 16.3. The van der Waals surface area contributed by atoms with Crippen LogP contribution in [0, 0.1) is 0 Å². The molecule has 0 N–H and O–H groups in total. The SMILES string of the molecule is c1ccc2c(c1)oc1cc3nc4n(c3cc12)c1cccc2c1n4c1nc3c4oc5ccccc5c4ccc3n21. The van der Waals surface area contributed by atoms with Crippen LogP contribution in [-0.4, -0.2) is 23.2 Å². The molecule has 5 aromatic carbocycles. The smallest absolute Gasteiger partial charge is 0.223 e. The molecule has 0 unspecified atom stereocenters. The lowest BCUT2D eigenvalue weighted by Gasteiger charge is -1.98. The first-order chi connectivity index (χ1) is 19.3. The minimum Gasteiger partial charge on any atom is -0.456 e. The summed E-state index contributed by atoms with van der Waals surface area (Å²) >= 11 is 0. The number of rotatable bonds is 0. The fourth-order valence-electron chi connectivity index (χ4n) is 6.77. The van der Waals surface area contributed by atoms with Crippen molar-refractivity contribution in [3.63, 3.8) is 0 Å². The topological polar surface area (TPSA) is 65.3 Å². The van der Waals surface area contributed by atoms with Crippen LogP contribution in [0.25, 0.3) is 94.0 Å². The maximum absolute atomic E-state index is 6.33. The molecule has 180 valence electrons. The number of hydrogen-bond donors (Lipinski definition) is 0. The molecule has 0 saturated carbocycles. The van der Waals surface area contributed by atoms with Crippen LogP contribution in [0.2, 0.25) is 0 Å². The quantitative estimate of drug-likeness (QED) is 0.212. The molecule has 11 rings (SSSR count). The molecule has 0 aliphatic rings. The lowest BCUT2D eigenvalue weighted by atomic mass is 10.1. The number of imidazole rings is 4. The van der Waals surface area contributed by atoms with Gasteiger partial charge in [0.2, 0.25) is 11.6 Å². The molecule has 0 aliphatic carbocycles. The lowest BCUT2D eigenvalue weighted by Crippen LogP contribution is -1.87. The normalized spacial score (nSPS) is 13.1. The lowest BCUT2D eigenvalue weighted by molar-refractivity contribution is 0.669. The molecule has 0 fully saturated rings. The van der Waals surface area contributed by atoms with E-state index in [0.29, 0.717) is 0 Å². The molecular formula is C32H15N5O2. The number of para-hydroxylation sites is 3. The summed E-state index contributed by atoms with van der Waals surface area (Å²) in [4.78, 5) is 10.3. The van der Waals surface area contributed by atoms with Crippen molar-refractivity contribution in [3.05, 3.63) is 91.0 Å². The third-order valence-corrected chi connectivity index (χ3v) is 8.39. The second kappa shape index (κ2) is 5.95. The Morgan fingerprint density at radius 1 is 0.487 bits per heavy atom. The van der Waals surface area contributed by atoms with Crippen LogP contribution in [0.4, 0.5) is 0 Å². The number of furan rings is 2. The maximum Gasteiger partial charge on any atom is 0.223 e. The average Bonchev–Trinajstić information content (AvgIpc) is 3.77. The van der Waals surface area contributed by atoms with E-state index in [1.165, 1.54) is 0 Å². The summed E-state index contributed by atoms with van der Waals surface area (Å²) in [6.07, 6.45) is 0. The van der Waals surface area contributed by atoms with E-state index in [1.807, 2.05) is 36.4 Å². The summed E-state index contributed by atoms with van der Waals surface area (Å²) in [6.45, 7) is 0. The van der Waals surface area contributed by atoms with Gasteiger partial charge in [0.25, 0.3) is 0 Å². The molecule has 7 nitrogen and oxygen atoms in total. The Morgan fingerprint density at radius 2 is 1.21 bits per heavy atom. The number of fused-ring (bicyclic) bond motifs is 17. The van der Waals surface area contributed by atoms with Gasteiger partial charge in [-0.15, -0.1) is 0 Å². The van der Waals surface area contributed by atoms with E-state index >= 15 is 0 Å². The summed E-state index contributed by atoms with van der Waals surface area (Å²) in [7, 11) is 0. The van der Waals surface area contributed by atoms with Crippen molar-refractivity contribution in [3.8, 4) is 0 Å². The molecule has 0 bridgehead atoms. The zero-order chi connectivity index (χ0) is 25.0. The zero-order valence-corrected chi connectivity index (χ0v) is 20.2. The Morgan fingerprint density at radius 3 is 2.05 bits per heavy atom. The molecule has 39 heavy (non-hydrogen) atoms. The predicted octanol–water partition coefficient (Wildman–Crippen LogP) is 7.93. The summed E-state index contributed by atoms with van der Waals surface area (Å²) in [6, 6.07) is 31.3. The molecule has 11 aromatic rings. The Bertz CT molecular complexity index is 2840. The predicted molar refractivity (Wildman–Crippen MR) is 153 cm³/mol. The van der Waals surface area contributed by atoms with E-state index in [4.69, 9.17) is 18.8 Å². The Labute approximate surface area is 217 Å². The van der Waals surface area contributed by atoms with Gasteiger partial charge in [-0.25, -0.2) is 14.4 Å². The van der Waals surface area contributed by atoms with E-state index in [-0.39, 0.29) is 0 Å². The van der Waals surface area contributed by atoms with Crippen LogP contribution in [0.3, 0.4) is 0 Å². The molecule has 0 saturated heterocycles. The summed E-state index contributed by atoms with van der Waals surface area (Å²) < 4.78 is 19.2. The van der Waals surface area contributed by atoms with Crippen molar-refractivity contribution >= 4 is 94.0 Å². The van der Waals surface area contributed by atoms with Gasteiger partial charge in [-0.3, -0.25) is 8.80 Å². The molecule has 0 atom stereocenters. The Balaban J connectivity index is 1.35. The summed E-state index contributed by atoms with van der Waals surface area (Å²) in [5.41, 5.74) is 10.5. The summed E-state index contributed by atoms with van der Waals surface area (Å²) in [5.74, 6) is 1.66. The van der Waals surface area contributed by atoms with Gasteiger partial charge in [0.15, 0.2) is 5.58 Å². The highest BCUT2D eigenvalue weighted by Gasteiger charge is 2.25. The van der Waals surface area contributed by atoms with E-state index in [1.54, 1.807) is 0 Å². The van der Waals surface area contributed by atoms with E-state index < -0.39 is 0 Å². The third kappa shape index (κ3) is 1.97. The van der Waals surface area contributed by atoms with Gasteiger partial charge in [0, 0.05) is 27.6 Å². The van der Waals surface area contributed by atoms with Crippen molar-refractivity contribution in [1.29, 1.82) is 0 Å². The molecule has 0 amide bonds. The first-order valence-electron chi connectivity index (χ1n) is 12.9. The number of benzene rings is 5. The first-order valence-corrected chi connectivity index (χ1v) is 12.9. The van der Waals surface area contributed by atoms with E-state index in [9.17, 15) is 0 Å². The summed E-state index contributed by atoms with van der Waals surface area (Å²) in [5, 5.41) is 4.38. The molecule has 0 radical (unpaired) electrons. The van der Waals surface area contributed by atoms with Gasteiger partial charge in [-0.1, -0.05) is 42.5 Å². The number of nitrogens with zero attached hydrogens (tertiary/aromatic N) is 5. The molecule has 6 heterocycles. The monoisotopic (exact) mass is 501 g/mol. The first kappa shape index (κ1) is 18.6. The minimum absolute atomic E-state index is 0.813. The van der Waals surface area contributed by atoms with E-state index in [2.05, 4.69) is 67.8 Å². The zero-order valence-electron chi connectivity index (χ0n) is 20.2. The Kier molecular flexibility index (Phi) is 2.84. The van der Waals surface area contributed by atoms with Crippen LogP contribution >= 0.6 is 0 Å². The molecule has 0 spiro atoms. The van der Waals surface area contributed by atoms with Gasteiger partial charge in [-0.2, -0.15) is 0 Å². The van der Waals surface area contributed by atoms with Crippen molar-refractivity contribution in [1.82, 2.24) is 23.2 Å². The second-order valence-electron chi connectivity index (χ2n) is 10.3. The van der Waals surface area contributed by atoms with Crippen LogP contribution in [0.5, 0.6) is 0 Å². The molecule has 7 heteroatoms. The van der Waals surface area contributed by atoms with Crippen molar-refractivity contribution in [2.45, 2.75) is 0 Å². The minimum atomic E-state index is 0.813. The molecule has 0 aliphatic heterocycles. The highest BCUT2D eigenvalue weighted by molar-refractivity contribution is 6.15. The third-order valence-electron chi connectivity index (χ3n) is 8.39. The maximum atomic E-state index is 6.33. The number of hydrogen-bond acceptors (Lipinski definition) is 4. The van der Waals surface area contributed by atoms with Gasteiger partial charge >= 0.3 is 0 Å². The van der Waals surface area contributed by atoms with E-state index in [0.717, 1.165) is 94.0 Å². The van der Waals surface area contributed by atoms with Crippen LogP contribution in [0.1, 0.15) is 0 Å². The van der Waals surface area contributed by atoms with Crippen molar-refractivity contribution in [2.24, 2.45) is 0 Å². The van der Waals surface area contributed by atoms with Crippen molar-refractivity contribution < 1.29 is 8.83 Å². The van der Waals surface area contributed by atoms with Gasteiger partial charge in [-0.05, 0) is 42.5 Å². The highest BCUT2D eigenvalue weighted by Crippen LogP contribution is 2.39. The fraction of sp³-hybridized carbons (Fsp3) is 0. The van der Waals surface area contributed by atoms with Crippen LogP contribution < -0.4 is 0 Å². The second-order valence-corrected chi connectivity index (χ2v) is 10.3. The standard InChI is InChI=1S/C32H15N5O2/c1-4-11-26-16(6-1)18-12-13-21-28(30(18)39-26)34-32-35(21)22-8-5-9-23-29(22)37(32)31-33-20-15-27-19(14-24(20)36(23)31)17-7-2-3-10-25(17)38-27/h1-15H. The Hall–Kier alpha value is -5.56. The largest absolute Gasteiger partial charge is 0.456 e. The average molecular weight is 502 g/mol. The van der Waals surface area contributed by atoms with Gasteiger partial charge < -0.3 is 8.83 Å². The molecule has 6 aromatic heterocycles. The number of aromatic nitrogens is 5. The molecular weight excluding hydrogens is 486 g/mol. The van der Waals surface area contributed by atoms with Gasteiger partial charge in [0.1, 0.15) is 27.8 Å². The van der Waals surface area contributed by atoms with Crippen LogP contribution in [-0.2, 0) is 0 Å².